The number of aromatic nitrogens is 3. The molecule has 1 unspecified atom stereocenters. The summed E-state index contributed by atoms with van der Waals surface area (Å²) in [5.41, 5.74) is 4.65. The fourth-order valence-electron chi connectivity index (χ4n) is 3.77. The van der Waals surface area contributed by atoms with Crippen molar-refractivity contribution >= 4 is 22.6 Å². The molecule has 0 aliphatic carbocycles. The third-order valence-corrected chi connectivity index (χ3v) is 5.47. The van der Waals surface area contributed by atoms with Crippen LogP contribution in [0, 0.1) is 6.92 Å². The first-order valence-corrected chi connectivity index (χ1v) is 10.6. The highest BCUT2D eigenvalue weighted by Crippen LogP contribution is 2.29. The lowest BCUT2D eigenvalue weighted by Gasteiger charge is -2.04. The lowest BCUT2D eigenvalue weighted by molar-refractivity contribution is -0.116. The van der Waals surface area contributed by atoms with Gasteiger partial charge in [0.05, 0.1) is 17.2 Å². The fourth-order valence-corrected chi connectivity index (χ4v) is 3.77. The number of aryl methyl sites for hydroxylation is 2. The molecule has 2 aromatic carbocycles. The van der Waals surface area contributed by atoms with E-state index in [-0.39, 0.29) is 18.4 Å². The van der Waals surface area contributed by atoms with E-state index in [4.69, 9.17) is 9.15 Å². The van der Waals surface area contributed by atoms with Gasteiger partial charge in [-0.1, -0.05) is 29.8 Å². The topological polar surface area (TPSA) is 93.0 Å². The molecule has 158 valence electrons. The molecule has 5 rings (SSSR count). The number of fused-ring (bicyclic) bond motifs is 1. The minimum atomic E-state index is -0.0895. The maximum atomic E-state index is 12.4. The summed E-state index contributed by atoms with van der Waals surface area (Å²) in [6.07, 6.45) is 4.51. The molecule has 31 heavy (non-hydrogen) atoms. The Morgan fingerprint density at radius 2 is 2.10 bits per heavy atom. The van der Waals surface area contributed by atoms with Gasteiger partial charge in [0.15, 0.2) is 11.7 Å². The molecular weight excluding hydrogens is 392 g/mol. The fraction of sp³-hybridized carbons (Fsp3) is 0.292. The number of ether oxygens (including phenoxy) is 1. The number of hydrogen-bond acceptors (Lipinski definition) is 5. The van der Waals surface area contributed by atoms with Gasteiger partial charge in [-0.3, -0.25) is 4.79 Å². The number of carbonyl (C=O) groups is 1. The Bertz CT molecular complexity index is 1200. The average molecular weight is 416 g/mol. The lowest BCUT2D eigenvalue weighted by Crippen LogP contribution is -2.12. The van der Waals surface area contributed by atoms with Crippen LogP contribution in [0.4, 0.5) is 5.69 Å². The molecule has 2 N–H and O–H groups in total. The predicted octanol–water partition coefficient (Wildman–Crippen LogP) is 4.95. The van der Waals surface area contributed by atoms with E-state index in [0.717, 1.165) is 47.6 Å². The van der Waals surface area contributed by atoms with Gasteiger partial charge in [0, 0.05) is 30.7 Å². The van der Waals surface area contributed by atoms with Gasteiger partial charge in [0.1, 0.15) is 11.9 Å². The highest BCUT2D eigenvalue weighted by molar-refractivity contribution is 5.93. The smallest absolute Gasteiger partial charge is 0.224 e. The molecule has 0 radical (unpaired) electrons. The number of amides is 1. The van der Waals surface area contributed by atoms with Gasteiger partial charge in [0.2, 0.25) is 5.91 Å². The normalized spacial score (nSPS) is 16.1. The molecule has 2 aromatic heterocycles. The Balaban J connectivity index is 1.19. The van der Waals surface area contributed by atoms with Crippen LogP contribution in [0.3, 0.4) is 0 Å². The summed E-state index contributed by atoms with van der Waals surface area (Å²) in [5, 5.41) is 2.94. The predicted molar refractivity (Wildman–Crippen MR) is 118 cm³/mol. The Morgan fingerprint density at radius 1 is 1.23 bits per heavy atom. The van der Waals surface area contributed by atoms with Gasteiger partial charge in [-0.05, 0) is 38.0 Å². The van der Waals surface area contributed by atoms with Crippen molar-refractivity contribution in [2.45, 2.75) is 38.7 Å². The molecule has 1 saturated heterocycles. The van der Waals surface area contributed by atoms with Crippen molar-refractivity contribution < 1.29 is 13.9 Å². The lowest BCUT2D eigenvalue weighted by atomic mass is 10.1. The van der Waals surface area contributed by atoms with Gasteiger partial charge in [0.25, 0.3) is 0 Å². The number of nitrogens with zero attached hydrogens (tertiary/aromatic N) is 2. The van der Waals surface area contributed by atoms with Crippen LogP contribution >= 0.6 is 0 Å². The van der Waals surface area contributed by atoms with E-state index in [1.165, 1.54) is 5.56 Å². The molecule has 1 atom stereocenters. The standard InChI is InChI=1S/C24H24N4O3/c1-15-4-6-16(7-5-15)21-14-25-23(31-21)11-10-22(29)26-17-8-9-18-19(13-17)28-24(27-18)20-3-2-12-30-20/h4-9,13-14,20H,2-3,10-12H2,1H3,(H,26,29)(H,27,28). The Hall–Kier alpha value is -3.45. The summed E-state index contributed by atoms with van der Waals surface area (Å²) in [6, 6.07) is 13.7. The van der Waals surface area contributed by atoms with Crippen LogP contribution in [0.1, 0.15) is 42.6 Å². The monoisotopic (exact) mass is 416 g/mol. The number of carbonyl (C=O) groups excluding carboxylic acids is 1. The molecule has 1 amide bonds. The first-order chi connectivity index (χ1) is 15.1. The number of anilines is 1. The largest absolute Gasteiger partial charge is 0.441 e. The van der Waals surface area contributed by atoms with E-state index in [0.29, 0.717) is 18.1 Å². The number of hydrogen-bond donors (Lipinski definition) is 2. The minimum absolute atomic E-state index is 0.0380. The third kappa shape index (κ3) is 4.36. The van der Waals surface area contributed by atoms with Crippen LogP contribution < -0.4 is 5.32 Å². The number of imidazole rings is 1. The second-order valence-corrected chi connectivity index (χ2v) is 7.89. The van der Waals surface area contributed by atoms with Crippen molar-refractivity contribution in [3.05, 3.63) is 65.9 Å². The van der Waals surface area contributed by atoms with E-state index < -0.39 is 0 Å². The first kappa shape index (κ1) is 19.5. The third-order valence-electron chi connectivity index (χ3n) is 5.47. The molecule has 1 fully saturated rings. The van der Waals surface area contributed by atoms with Crippen LogP contribution in [-0.2, 0) is 16.0 Å². The van der Waals surface area contributed by atoms with Crippen LogP contribution in [0.5, 0.6) is 0 Å². The van der Waals surface area contributed by atoms with Gasteiger partial charge in [-0.25, -0.2) is 9.97 Å². The van der Waals surface area contributed by atoms with Crippen molar-refractivity contribution in [1.29, 1.82) is 0 Å². The summed E-state index contributed by atoms with van der Waals surface area (Å²) in [5.74, 6) is 2.02. The van der Waals surface area contributed by atoms with Crippen molar-refractivity contribution in [2.75, 3.05) is 11.9 Å². The number of aromatic amines is 1. The van der Waals surface area contributed by atoms with E-state index >= 15 is 0 Å². The maximum Gasteiger partial charge on any atom is 0.224 e. The Labute approximate surface area is 179 Å². The number of oxazole rings is 1. The van der Waals surface area contributed by atoms with Crippen molar-refractivity contribution in [1.82, 2.24) is 15.0 Å². The number of benzene rings is 2. The molecule has 7 heteroatoms. The van der Waals surface area contributed by atoms with Crippen LogP contribution in [0.15, 0.2) is 53.1 Å². The van der Waals surface area contributed by atoms with E-state index in [1.54, 1.807) is 6.20 Å². The zero-order valence-electron chi connectivity index (χ0n) is 17.4. The Kier molecular flexibility index (Phi) is 5.26. The number of nitrogens with one attached hydrogen (secondary N) is 2. The summed E-state index contributed by atoms with van der Waals surface area (Å²) < 4.78 is 11.5. The second kappa shape index (κ2) is 8.35. The van der Waals surface area contributed by atoms with Crippen molar-refractivity contribution in [2.24, 2.45) is 0 Å². The summed E-state index contributed by atoms with van der Waals surface area (Å²) in [6.45, 7) is 2.82. The first-order valence-electron chi connectivity index (χ1n) is 10.6. The van der Waals surface area contributed by atoms with Crippen LogP contribution in [0.2, 0.25) is 0 Å². The van der Waals surface area contributed by atoms with Gasteiger partial charge >= 0.3 is 0 Å². The van der Waals surface area contributed by atoms with Crippen LogP contribution in [0.25, 0.3) is 22.4 Å². The molecule has 0 saturated carbocycles. The molecule has 1 aliphatic rings. The van der Waals surface area contributed by atoms with E-state index in [1.807, 2.05) is 49.4 Å². The van der Waals surface area contributed by atoms with Crippen molar-refractivity contribution in [3.8, 4) is 11.3 Å². The quantitative estimate of drug-likeness (QED) is 0.464. The molecule has 1 aliphatic heterocycles. The molecule has 4 aromatic rings. The second-order valence-electron chi connectivity index (χ2n) is 7.89. The maximum absolute atomic E-state index is 12.4. The molecular formula is C24H24N4O3. The summed E-state index contributed by atoms with van der Waals surface area (Å²) in [4.78, 5) is 24.7. The minimum Gasteiger partial charge on any atom is -0.441 e. The van der Waals surface area contributed by atoms with E-state index in [2.05, 4.69) is 20.3 Å². The zero-order chi connectivity index (χ0) is 21.2. The SMILES string of the molecule is Cc1ccc(-c2cnc(CCC(=O)Nc3ccc4nc(C5CCCO5)[nH]c4c3)o2)cc1. The number of H-pyrrole nitrogens is 1. The summed E-state index contributed by atoms with van der Waals surface area (Å²) >= 11 is 0. The summed E-state index contributed by atoms with van der Waals surface area (Å²) in [7, 11) is 0. The zero-order valence-corrected chi connectivity index (χ0v) is 17.4. The molecule has 0 spiro atoms. The molecule has 0 bridgehead atoms. The van der Waals surface area contributed by atoms with Crippen LogP contribution in [-0.4, -0.2) is 27.5 Å². The average Bonchev–Trinajstić information content (AvgIpc) is 3.52. The van der Waals surface area contributed by atoms with Gasteiger partial charge in [-0.2, -0.15) is 0 Å². The molecule has 7 nitrogen and oxygen atoms in total. The van der Waals surface area contributed by atoms with Gasteiger partial charge < -0.3 is 19.5 Å². The van der Waals surface area contributed by atoms with E-state index in [9.17, 15) is 4.79 Å². The highest BCUT2D eigenvalue weighted by Gasteiger charge is 2.21. The van der Waals surface area contributed by atoms with Gasteiger partial charge in [-0.15, -0.1) is 0 Å². The number of rotatable bonds is 6. The Morgan fingerprint density at radius 3 is 2.90 bits per heavy atom. The highest BCUT2D eigenvalue weighted by atomic mass is 16.5. The van der Waals surface area contributed by atoms with Crippen molar-refractivity contribution in [3.63, 3.8) is 0 Å². The molecule has 3 heterocycles.